The molecule has 0 radical (unpaired) electrons. The Hall–Kier alpha value is -0.0800. The maximum Gasteiger partial charge on any atom is 0.0468 e. The molecule has 0 rings (SSSR count). The third kappa shape index (κ3) is 4.63. The zero-order valence-corrected chi connectivity index (χ0v) is 9.65. The van der Waals surface area contributed by atoms with Gasteiger partial charge in [0.25, 0.3) is 0 Å². The lowest BCUT2D eigenvalue weighted by Gasteiger charge is -2.31. The molecule has 0 aromatic carbocycles. The van der Waals surface area contributed by atoms with Gasteiger partial charge in [0.15, 0.2) is 0 Å². The quantitative estimate of drug-likeness (QED) is 0.630. The first-order valence-electron chi connectivity index (χ1n) is 5.44. The van der Waals surface area contributed by atoms with Gasteiger partial charge >= 0.3 is 0 Å². The topological polar surface area (TPSA) is 21.3 Å². The van der Waals surface area contributed by atoms with Crippen LogP contribution in [0.2, 0.25) is 0 Å². The summed E-state index contributed by atoms with van der Waals surface area (Å²) >= 11 is 0. The van der Waals surface area contributed by atoms with Crippen molar-refractivity contribution in [3.8, 4) is 0 Å². The summed E-state index contributed by atoms with van der Waals surface area (Å²) in [5, 5.41) is 3.44. The SMILES string of the molecule is CCNCC(CC)(CC)CCOC. The second kappa shape index (κ2) is 7.34. The van der Waals surface area contributed by atoms with Crippen molar-refractivity contribution in [1.29, 1.82) is 0 Å². The lowest BCUT2D eigenvalue weighted by atomic mass is 9.79. The van der Waals surface area contributed by atoms with Gasteiger partial charge in [0, 0.05) is 20.3 Å². The summed E-state index contributed by atoms with van der Waals surface area (Å²) in [5.74, 6) is 0. The van der Waals surface area contributed by atoms with Crippen LogP contribution in [-0.2, 0) is 4.74 Å². The van der Waals surface area contributed by atoms with Gasteiger partial charge in [-0.2, -0.15) is 0 Å². The van der Waals surface area contributed by atoms with E-state index in [1.165, 1.54) is 19.3 Å². The molecule has 0 spiro atoms. The second-order valence-corrected chi connectivity index (χ2v) is 3.73. The van der Waals surface area contributed by atoms with E-state index < -0.39 is 0 Å². The number of rotatable bonds is 8. The number of ether oxygens (including phenoxy) is 1. The van der Waals surface area contributed by atoms with Crippen molar-refractivity contribution in [2.45, 2.75) is 40.0 Å². The smallest absolute Gasteiger partial charge is 0.0468 e. The Balaban J connectivity index is 3.97. The van der Waals surface area contributed by atoms with Gasteiger partial charge in [-0.15, -0.1) is 0 Å². The van der Waals surface area contributed by atoms with Crippen LogP contribution >= 0.6 is 0 Å². The second-order valence-electron chi connectivity index (χ2n) is 3.73. The number of hydrogen-bond acceptors (Lipinski definition) is 2. The van der Waals surface area contributed by atoms with Crippen LogP contribution in [0.25, 0.3) is 0 Å². The highest BCUT2D eigenvalue weighted by Crippen LogP contribution is 2.29. The lowest BCUT2D eigenvalue weighted by molar-refractivity contribution is 0.126. The monoisotopic (exact) mass is 187 g/mol. The van der Waals surface area contributed by atoms with Gasteiger partial charge in [-0.05, 0) is 31.2 Å². The predicted octanol–water partition coefficient (Wildman–Crippen LogP) is 2.44. The van der Waals surface area contributed by atoms with Crippen LogP contribution in [0.5, 0.6) is 0 Å². The van der Waals surface area contributed by atoms with Crippen LogP contribution in [0.1, 0.15) is 40.0 Å². The average Bonchev–Trinajstić information content (AvgIpc) is 2.20. The molecule has 0 unspecified atom stereocenters. The van der Waals surface area contributed by atoms with E-state index in [0.29, 0.717) is 5.41 Å². The molecule has 2 nitrogen and oxygen atoms in total. The Morgan fingerprint density at radius 3 is 2.15 bits per heavy atom. The Morgan fingerprint density at radius 2 is 1.77 bits per heavy atom. The standard InChI is InChI=1S/C11H25NO/c1-5-11(6-2,8-9-13-4)10-12-7-3/h12H,5-10H2,1-4H3. The van der Waals surface area contributed by atoms with E-state index in [0.717, 1.165) is 19.7 Å². The van der Waals surface area contributed by atoms with Crippen LogP contribution in [0.4, 0.5) is 0 Å². The highest BCUT2D eigenvalue weighted by Gasteiger charge is 2.24. The van der Waals surface area contributed by atoms with E-state index in [1.54, 1.807) is 7.11 Å². The molecule has 0 aliphatic carbocycles. The van der Waals surface area contributed by atoms with Gasteiger partial charge in [-0.3, -0.25) is 0 Å². The van der Waals surface area contributed by atoms with Crippen LogP contribution in [0.3, 0.4) is 0 Å². The number of hydrogen-bond donors (Lipinski definition) is 1. The molecule has 0 aromatic heterocycles. The van der Waals surface area contributed by atoms with Crippen LogP contribution < -0.4 is 5.32 Å². The maximum atomic E-state index is 5.15. The van der Waals surface area contributed by atoms with Crippen LogP contribution in [0.15, 0.2) is 0 Å². The molecule has 13 heavy (non-hydrogen) atoms. The van der Waals surface area contributed by atoms with Gasteiger partial charge in [-0.1, -0.05) is 20.8 Å². The Kier molecular flexibility index (Phi) is 7.29. The van der Waals surface area contributed by atoms with Crippen molar-refractivity contribution < 1.29 is 4.74 Å². The van der Waals surface area contributed by atoms with E-state index in [4.69, 9.17) is 4.74 Å². The summed E-state index contributed by atoms with van der Waals surface area (Å²) in [6.45, 7) is 9.78. The van der Waals surface area contributed by atoms with Gasteiger partial charge in [0.2, 0.25) is 0 Å². The number of methoxy groups -OCH3 is 1. The Morgan fingerprint density at radius 1 is 1.15 bits per heavy atom. The fourth-order valence-electron chi connectivity index (χ4n) is 1.65. The van der Waals surface area contributed by atoms with Crippen LogP contribution in [-0.4, -0.2) is 26.8 Å². The first-order valence-corrected chi connectivity index (χ1v) is 5.44. The van der Waals surface area contributed by atoms with Crippen molar-refractivity contribution in [2.75, 3.05) is 26.8 Å². The average molecular weight is 187 g/mol. The molecule has 0 aromatic rings. The van der Waals surface area contributed by atoms with Crippen molar-refractivity contribution in [3.05, 3.63) is 0 Å². The van der Waals surface area contributed by atoms with Gasteiger partial charge in [-0.25, -0.2) is 0 Å². The third-order valence-corrected chi connectivity index (χ3v) is 3.09. The fourth-order valence-corrected chi connectivity index (χ4v) is 1.65. The zero-order valence-electron chi connectivity index (χ0n) is 9.65. The summed E-state index contributed by atoms with van der Waals surface area (Å²) in [6.07, 6.45) is 3.64. The molecule has 0 atom stereocenters. The van der Waals surface area contributed by atoms with E-state index in [2.05, 4.69) is 26.1 Å². The summed E-state index contributed by atoms with van der Waals surface area (Å²) < 4.78 is 5.15. The van der Waals surface area contributed by atoms with Gasteiger partial charge < -0.3 is 10.1 Å². The zero-order chi connectivity index (χ0) is 10.2. The maximum absolute atomic E-state index is 5.15. The Bertz CT molecular complexity index is 101. The number of nitrogens with one attached hydrogen (secondary N) is 1. The summed E-state index contributed by atoms with van der Waals surface area (Å²) in [6, 6.07) is 0. The summed E-state index contributed by atoms with van der Waals surface area (Å²) in [4.78, 5) is 0. The molecular formula is C11H25NO. The largest absolute Gasteiger partial charge is 0.385 e. The molecule has 0 saturated heterocycles. The molecule has 0 amide bonds. The highest BCUT2D eigenvalue weighted by atomic mass is 16.5. The molecule has 0 aliphatic heterocycles. The lowest BCUT2D eigenvalue weighted by Crippen LogP contribution is -2.34. The van der Waals surface area contributed by atoms with Crippen molar-refractivity contribution in [3.63, 3.8) is 0 Å². The molecule has 0 heterocycles. The molecule has 0 aliphatic rings. The Labute approximate surface area is 83.1 Å². The molecule has 0 bridgehead atoms. The van der Waals surface area contributed by atoms with Crippen molar-refractivity contribution in [2.24, 2.45) is 5.41 Å². The minimum absolute atomic E-state index is 0.450. The predicted molar refractivity (Wildman–Crippen MR) is 58.1 cm³/mol. The van der Waals surface area contributed by atoms with Gasteiger partial charge in [0.1, 0.15) is 0 Å². The van der Waals surface area contributed by atoms with Crippen molar-refractivity contribution >= 4 is 0 Å². The highest BCUT2D eigenvalue weighted by molar-refractivity contribution is 4.78. The van der Waals surface area contributed by atoms with Crippen LogP contribution in [0, 0.1) is 5.41 Å². The van der Waals surface area contributed by atoms with E-state index in [9.17, 15) is 0 Å². The normalized spacial score (nSPS) is 12.0. The van der Waals surface area contributed by atoms with Crippen molar-refractivity contribution in [1.82, 2.24) is 5.32 Å². The third-order valence-electron chi connectivity index (χ3n) is 3.09. The van der Waals surface area contributed by atoms with E-state index in [-0.39, 0.29) is 0 Å². The molecule has 80 valence electrons. The van der Waals surface area contributed by atoms with Gasteiger partial charge in [0.05, 0.1) is 0 Å². The summed E-state index contributed by atoms with van der Waals surface area (Å²) in [5.41, 5.74) is 0.450. The van der Waals surface area contributed by atoms with E-state index >= 15 is 0 Å². The first kappa shape index (κ1) is 12.9. The first-order chi connectivity index (χ1) is 6.24. The molecule has 0 saturated carbocycles. The minimum Gasteiger partial charge on any atom is -0.385 e. The minimum atomic E-state index is 0.450. The molecule has 0 fully saturated rings. The molecule has 2 heteroatoms. The fraction of sp³-hybridized carbons (Fsp3) is 1.00. The summed E-state index contributed by atoms with van der Waals surface area (Å²) in [7, 11) is 1.78. The molecular weight excluding hydrogens is 162 g/mol. The van der Waals surface area contributed by atoms with E-state index in [1.807, 2.05) is 0 Å². The molecule has 1 N–H and O–H groups in total.